The van der Waals surface area contributed by atoms with Crippen LogP contribution in [0.15, 0.2) is 54.6 Å². The van der Waals surface area contributed by atoms with Gasteiger partial charge in [0.2, 0.25) is 0 Å². The number of rotatable bonds is 4. The standard InChI is InChI=1S/C21H23NO3/c1-15(2)22(14-16-9-5-4-6-10-16)20(24)21(3)13-17-11-7-8-12-18(17)19(23)25-21/h4-12,15H,13-14H2,1-3H3. The molecule has 0 spiro atoms. The molecular formula is C21H23NO3. The van der Waals surface area contributed by atoms with E-state index in [2.05, 4.69) is 0 Å². The first kappa shape index (κ1) is 17.2. The van der Waals surface area contributed by atoms with Crippen molar-refractivity contribution in [3.8, 4) is 0 Å². The lowest BCUT2D eigenvalue weighted by atomic mass is 9.88. The number of carbonyl (C=O) groups excluding carboxylic acids is 2. The van der Waals surface area contributed by atoms with Gasteiger partial charge in [0.15, 0.2) is 5.60 Å². The Morgan fingerprint density at radius 1 is 1.12 bits per heavy atom. The number of amides is 1. The fourth-order valence-corrected chi connectivity index (χ4v) is 3.22. The minimum absolute atomic E-state index is 0.000374. The van der Waals surface area contributed by atoms with Gasteiger partial charge in [-0.05, 0) is 38.0 Å². The van der Waals surface area contributed by atoms with Gasteiger partial charge in [-0.3, -0.25) is 4.79 Å². The molecule has 1 unspecified atom stereocenters. The molecular weight excluding hydrogens is 314 g/mol. The number of carbonyl (C=O) groups is 2. The fourth-order valence-electron chi connectivity index (χ4n) is 3.22. The maximum atomic E-state index is 13.3. The third kappa shape index (κ3) is 3.43. The van der Waals surface area contributed by atoms with E-state index in [4.69, 9.17) is 4.74 Å². The molecule has 25 heavy (non-hydrogen) atoms. The zero-order valence-electron chi connectivity index (χ0n) is 14.9. The van der Waals surface area contributed by atoms with Crippen LogP contribution in [0, 0.1) is 0 Å². The van der Waals surface area contributed by atoms with Gasteiger partial charge in [0.1, 0.15) is 0 Å². The van der Waals surface area contributed by atoms with E-state index in [0.717, 1.165) is 11.1 Å². The largest absolute Gasteiger partial charge is 0.445 e. The Kier molecular flexibility index (Phi) is 4.62. The molecule has 1 heterocycles. The molecule has 0 N–H and O–H groups in total. The third-order valence-corrected chi connectivity index (χ3v) is 4.62. The second-order valence-corrected chi connectivity index (χ2v) is 6.97. The molecule has 0 saturated carbocycles. The number of esters is 1. The Morgan fingerprint density at radius 2 is 1.76 bits per heavy atom. The Bertz CT molecular complexity index is 785. The summed E-state index contributed by atoms with van der Waals surface area (Å²) in [4.78, 5) is 27.4. The average molecular weight is 337 g/mol. The van der Waals surface area contributed by atoms with Crippen molar-refractivity contribution < 1.29 is 14.3 Å². The number of hydrogen-bond donors (Lipinski definition) is 0. The molecule has 0 saturated heterocycles. The number of benzene rings is 2. The van der Waals surface area contributed by atoms with E-state index >= 15 is 0 Å². The molecule has 0 fully saturated rings. The maximum absolute atomic E-state index is 13.3. The third-order valence-electron chi connectivity index (χ3n) is 4.62. The smallest absolute Gasteiger partial charge is 0.339 e. The summed E-state index contributed by atoms with van der Waals surface area (Å²) < 4.78 is 5.60. The first-order valence-corrected chi connectivity index (χ1v) is 8.57. The van der Waals surface area contributed by atoms with Crippen LogP contribution in [0.3, 0.4) is 0 Å². The maximum Gasteiger partial charge on any atom is 0.339 e. The van der Waals surface area contributed by atoms with Crippen LogP contribution in [0.5, 0.6) is 0 Å². The predicted molar refractivity (Wildman–Crippen MR) is 96.1 cm³/mol. The highest BCUT2D eigenvalue weighted by Gasteiger charge is 2.45. The van der Waals surface area contributed by atoms with Crippen LogP contribution in [-0.4, -0.2) is 28.4 Å². The van der Waals surface area contributed by atoms with Crippen LogP contribution in [-0.2, 0) is 22.5 Å². The Labute approximate surface area is 148 Å². The molecule has 1 aliphatic rings. The molecule has 1 atom stereocenters. The number of nitrogens with zero attached hydrogens (tertiary/aromatic N) is 1. The van der Waals surface area contributed by atoms with E-state index in [1.807, 2.05) is 56.3 Å². The molecule has 1 aliphatic heterocycles. The van der Waals surface area contributed by atoms with Gasteiger partial charge in [0, 0.05) is 19.0 Å². The minimum Gasteiger partial charge on any atom is -0.445 e. The minimum atomic E-state index is -1.18. The average Bonchev–Trinajstić information content (AvgIpc) is 2.59. The van der Waals surface area contributed by atoms with Crippen LogP contribution >= 0.6 is 0 Å². The first-order valence-electron chi connectivity index (χ1n) is 8.57. The van der Waals surface area contributed by atoms with Crippen LogP contribution in [0.1, 0.15) is 42.3 Å². The molecule has 0 aromatic heterocycles. The topological polar surface area (TPSA) is 46.6 Å². The van der Waals surface area contributed by atoms with Gasteiger partial charge in [-0.15, -0.1) is 0 Å². The summed E-state index contributed by atoms with van der Waals surface area (Å²) in [6.45, 7) is 6.15. The van der Waals surface area contributed by atoms with Crippen LogP contribution in [0.25, 0.3) is 0 Å². The lowest BCUT2D eigenvalue weighted by Gasteiger charge is -2.38. The lowest BCUT2D eigenvalue weighted by Crippen LogP contribution is -2.54. The van der Waals surface area contributed by atoms with Crippen molar-refractivity contribution >= 4 is 11.9 Å². The van der Waals surface area contributed by atoms with Gasteiger partial charge in [-0.2, -0.15) is 0 Å². The van der Waals surface area contributed by atoms with Crippen LogP contribution < -0.4 is 0 Å². The quantitative estimate of drug-likeness (QED) is 0.801. The van der Waals surface area contributed by atoms with Gasteiger partial charge in [-0.25, -0.2) is 4.79 Å². The van der Waals surface area contributed by atoms with Crippen LogP contribution in [0.2, 0.25) is 0 Å². The highest BCUT2D eigenvalue weighted by Crippen LogP contribution is 2.30. The van der Waals surface area contributed by atoms with Crippen molar-refractivity contribution in [3.63, 3.8) is 0 Å². The molecule has 2 aromatic rings. The number of hydrogen-bond acceptors (Lipinski definition) is 3. The molecule has 4 nitrogen and oxygen atoms in total. The van der Waals surface area contributed by atoms with E-state index in [1.54, 1.807) is 24.0 Å². The van der Waals surface area contributed by atoms with Gasteiger partial charge < -0.3 is 9.64 Å². The van der Waals surface area contributed by atoms with Crippen LogP contribution in [0.4, 0.5) is 0 Å². The molecule has 1 amide bonds. The number of ether oxygens (including phenoxy) is 1. The summed E-state index contributed by atoms with van der Waals surface area (Å²) in [6.07, 6.45) is 0.395. The molecule has 130 valence electrons. The molecule has 3 rings (SSSR count). The van der Waals surface area contributed by atoms with E-state index in [9.17, 15) is 9.59 Å². The van der Waals surface area contributed by atoms with Crippen molar-refractivity contribution in [2.24, 2.45) is 0 Å². The zero-order chi connectivity index (χ0) is 18.0. The van der Waals surface area contributed by atoms with Gasteiger partial charge >= 0.3 is 5.97 Å². The fraction of sp³-hybridized carbons (Fsp3) is 0.333. The van der Waals surface area contributed by atoms with E-state index in [-0.39, 0.29) is 11.9 Å². The van der Waals surface area contributed by atoms with Crippen molar-refractivity contribution in [2.45, 2.75) is 45.4 Å². The van der Waals surface area contributed by atoms with Gasteiger partial charge in [0.05, 0.1) is 5.56 Å². The number of fused-ring (bicyclic) bond motifs is 1. The second kappa shape index (κ2) is 6.71. The summed E-state index contributed by atoms with van der Waals surface area (Å²) in [5.74, 6) is -0.588. The zero-order valence-corrected chi connectivity index (χ0v) is 14.9. The van der Waals surface area contributed by atoms with E-state index in [0.29, 0.717) is 18.5 Å². The molecule has 2 aromatic carbocycles. The molecule has 0 bridgehead atoms. The van der Waals surface area contributed by atoms with Crippen molar-refractivity contribution in [1.82, 2.24) is 4.90 Å². The normalized spacial score (nSPS) is 19.3. The lowest BCUT2D eigenvalue weighted by molar-refractivity contribution is -0.153. The predicted octanol–water partition coefficient (Wildman–Crippen LogP) is 3.60. The Balaban J connectivity index is 1.88. The Hall–Kier alpha value is -2.62. The first-order chi connectivity index (χ1) is 11.9. The van der Waals surface area contributed by atoms with Crippen molar-refractivity contribution in [1.29, 1.82) is 0 Å². The second-order valence-electron chi connectivity index (χ2n) is 6.97. The van der Waals surface area contributed by atoms with E-state index < -0.39 is 11.6 Å². The summed E-state index contributed by atoms with van der Waals surface area (Å²) in [5.41, 5.74) is 1.28. The SMILES string of the molecule is CC(C)N(Cc1ccccc1)C(=O)C1(C)Cc2ccccc2C(=O)O1. The number of cyclic esters (lactones) is 1. The summed E-state index contributed by atoms with van der Waals surface area (Å²) in [7, 11) is 0. The highest BCUT2D eigenvalue weighted by molar-refractivity contribution is 5.97. The van der Waals surface area contributed by atoms with Gasteiger partial charge in [0.25, 0.3) is 5.91 Å². The molecule has 0 aliphatic carbocycles. The Morgan fingerprint density at radius 3 is 2.44 bits per heavy atom. The summed E-state index contributed by atoms with van der Waals surface area (Å²) in [6, 6.07) is 17.2. The summed E-state index contributed by atoms with van der Waals surface area (Å²) in [5, 5.41) is 0. The van der Waals surface area contributed by atoms with Crippen molar-refractivity contribution in [2.75, 3.05) is 0 Å². The van der Waals surface area contributed by atoms with Crippen molar-refractivity contribution in [3.05, 3.63) is 71.3 Å². The van der Waals surface area contributed by atoms with E-state index in [1.165, 1.54) is 0 Å². The molecule has 0 radical (unpaired) electrons. The molecule has 4 heteroatoms. The van der Waals surface area contributed by atoms with Gasteiger partial charge in [-0.1, -0.05) is 48.5 Å². The summed E-state index contributed by atoms with van der Waals surface area (Å²) >= 11 is 0. The highest BCUT2D eigenvalue weighted by atomic mass is 16.6. The monoisotopic (exact) mass is 337 g/mol.